The number of hydrogen-bond donors (Lipinski definition) is 1. The molecular weight excluding hydrogens is 395 g/mol. The van der Waals surface area contributed by atoms with Crippen LogP contribution in [0.5, 0.6) is 0 Å². The molecule has 0 unspecified atom stereocenters. The van der Waals surface area contributed by atoms with E-state index in [0.717, 1.165) is 23.1 Å². The van der Waals surface area contributed by atoms with Gasteiger partial charge in [-0.1, -0.05) is 66.0 Å². The zero-order chi connectivity index (χ0) is 20.7. The van der Waals surface area contributed by atoms with Crippen molar-refractivity contribution in [2.75, 3.05) is 6.54 Å². The lowest BCUT2D eigenvalue weighted by atomic mass is 10.1. The summed E-state index contributed by atoms with van der Waals surface area (Å²) in [6, 6.07) is 12.5. The number of halogens is 2. The van der Waals surface area contributed by atoms with Crippen molar-refractivity contribution in [3.8, 4) is 0 Å². The highest BCUT2D eigenvalue weighted by Gasteiger charge is 2.26. The topological polar surface area (TPSA) is 49.4 Å². The molecule has 1 atom stereocenters. The third-order valence-corrected chi connectivity index (χ3v) is 5.27. The van der Waals surface area contributed by atoms with E-state index in [1.54, 1.807) is 24.0 Å². The smallest absolute Gasteiger partial charge is 0.242 e. The SMILES string of the molecule is CCCNC(=O)[C@@H](C)N(Cc1ccc(Cl)c(Cl)c1)C(=O)Cc1ccc(C)cc1. The molecule has 0 bridgehead atoms. The Morgan fingerprint density at radius 1 is 1.04 bits per heavy atom. The van der Waals surface area contributed by atoms with Crippen molar-refractivity contribution in [3.05, 3.63) is 69.2 Å². The van der Waals surface area contributed by atoms with E-state index in [-0.39, 0.29) is 24.8 Å². The average Bonchev–Trinajstić information content (AvgIpc) is 2.68. The summed E-state index contributed by atoms with van der Waals surface area (Å²) in [6.07, 6.45) is 1.07. The van der Waals surface area contributed by atoms with E-state index in [4.69, 9.17) is 23.2 Å². The normalized spacial score (nSPS) is 11.8. The first-order valence-electron chi connectivity index (χ1n) is 9.38. The fourth-order valence-electron chi connectivity index (χ4n) is 2.80. The van der Waals surface area contributed by atoms with Crippen LogP contribution in [0.2, 0.25) is 10.0 Å². The van der Waals surface area contributed by atoms with E-state index in [2.05, 4.69) is 5.32 Å². The average molecular weight is 421 g/mol. The Morgan fingerprint density at radius 3 is 2.29 bits per heavy atom. The van der Waals surface area contributed by atoms with Gasteiger partial charge in [0.25, 0.3) is 0 Å². The minimum absolute atomic E-state index is 0.117. The molecule has 0 spiro atoms. The summed E-state index contributed by atoms with van der Waals surface area (Å²) in [4.78, 5) is 27.2. The second kappa shape index (κ2) is 10.5. The lowest BCUT2D eigenvalue weighted by Crippen LogP contribution is -2.48. The Morgan fingerprint density at radius 2 is 1.68 bits per heavy atom. The molecule has 28 heavy (non-hydrogen) atoms. The quantitative estimate of drug-likeness (QED) is 0.667. The molecule has 0 saturated heterocycles. The maximum Gasteiger partial charge on any atom is 0.242 e. The van der Waals surface area contributed by atoms with E-state index >= 15 is 0 Å². The highest BCUT2D eigenvalue weighted by Crippen LogP contribution is 2.24. The van der Waals surface area contributed by atoms with Crippen LogP contribution in [0.25, 0.3) is 0 Å². The number of carbonyl (C=O) groups excluding carboxylic acids is 2. The number of nitrogens with zero attached hydrogens (tertiary/aromatic N) is 1. The molecule has 0 aliphatic heterocycles. The van der Waals surface area contributed by atoms with Crippen LogP contribution in [0.15, 0.2) is 42.5 Å². The maximum absolute atomic E-state index is 13.1. The summed E-state index contributed by atoms with van der Waals surface area (Å²) in [6.45, 7) is 6.59. The van der Waals surface area contributed by atoms with Gasteiger partial charge in [0.05, 0.1) is 16.5 Å². The molecule has 2 amide bonds. The minimum Gasteiger partial charge on any atom is -0.354 e. The lowest BCUT2D eigenvalue weighted by molar-refractivity contribution is -0.140. The van der Waals surface area contributed by atoms with Crippen LogP contribution in [0.1, 0.15) is 37.0 Å². The van der Waals surface area contributed by atoms with Crippen molar-refractivity contribution in [1.82, 2.24) is 10.2 Å². The highest BCUT2D eigenvalue weighted by molar-refractivity contribution is 6.42. The summed E-state index contributed by atoms with van der Waals surface area (Å²) in [5.41, 5.74) is 2.87. The number of carbonyl (C=O) groups is 2. The van der Waals surface area contributed by atoms with Crippen LogP contribution in [0.3, 0.4) is 0 Å². The van der Waals surface area contributed by atoms with Crippen LogP contribution in [-0.2, 0) is 22.6 Å². The van der Waals surface area contributed by atoms with E-state index < -0.39 is 6.04 Å². The maximum atomic E-state index is 13.1. The second-order valence-electron chi connectivity index (χ2n) is 6.90. The van der Waals surface area contributed by atoms with Gasteiger partial charge in [-0.3, -0.25) is 9.59 Å². The molecule has 0 radical (unpaired) electrons. The zero-order valence-corrected chi connectivity index (χ0v) is 18.0. The standard InChI is InChI=1S/C22H26Cl2N2O2/c1-4-11-25-22(28)16(3)26(14-18-9-10-19(23)20(24)12-18)21(27)13-17-7-5-15(2)6-8-17/h5-10,12,16H,4,11,13-14H2,1-3H3,(H,25,28)/t16-/m1/s1. The van der Waals surface area contributed by atoms with Gasteiger partial charge in [0.1, 0.15) is 6.04 Å². The summed E-state index contributed by atoms with van der Waals surface area (Å²) < 4.78 is 0. The van der Waals surface area contributed by atoms with Crippen LogP contribution >= 0.6 is 23.2 Å². The minimum atomic E-state index is -0.598. The van der Waals surface area contributed by atoms with Gasteiger partial charge in [0.15, 0.2) is 0 Å². The van der Waals surface area contributed by atoms with Crippen molar-refractivity contribution in [2.24, 2.45) is 0 Å². The van der Waals surface area contributed by atoms with Crippen molar-refractivity contribution >= 4 is 35.0 Å². The molecule has 0 aliphatic carbocycles. The Hall–Kier alpha value is -2.04. The number of hydrogen-bond acceptors (Lipinski definition) is 2. The predicted octanol–water partition coefficient (Wildman–Crippen LogP) is 4.79. The summed E-state index contributed by atoms with van der Waals surface area (Å²) in [5.74, 6) is -0.284. The lowest BCUT2D eigenvalue weighted by Gasteiger charge is -2.29. The first kappa shape index (κ1) is 22.3. The third-order valence-electron chi connectivity index (χ3n) is 4.53. The zero-order valence-electron chi connectivity index (χ0n) is 16.5. The number of rotatable bonds is 8. The van der Waals surface area contributed by atoms with Gasteiger partial charge in [0.2, 0.25) is 11.8 Å². The number of benzene rings is 2. The van der Waals surface area contributed by atoms with Gasteiger partial charge < -0.3 is 10.2 Å². The molecule has 4 nitrogen and oxygen atoms in total. The summed E-state index contributed by atoms with van der Waals surface area (Å²) in [5, 5.41) is 3.74. The van der Waals surface area contributed by atoms with Crippen molar-refractivity contribution in [2.45, 2.75) is 46.2 Å². The number of nitrogens with one attached hydrogen (secondary N) is 1. The fraction of sp³-hybridized carbons (Fsp3) is 0.364. The van der Waals surface area contributed by atoms with Crippen LogP contribution < -0.4 is 5.32 Å². The van der Waals surface area contributed by atoms with E-state index in [0.29, 0.717) is 16.6 Å². The van der Waals surface area contributed by atoms with E-state index in [9.17, 15) is 9.59 Å². The fourth-order valence-corrected chi connectivity index (χ4v) is 3.12. The van der Waals surface area contributed by atoms with Crippen molar-refractivity contribution in [3.63, 3.8) is 0 Å². The Kier molecular flexibility index (Phi) is 8.34. The molecule has 0 saturated carbocycles. The van der Waals surface area contributed by atoms with Crippen molar-refractivity contribution < 1.29 is 9.59 Å². The Balaban J connectivity index is 2.22. The van der Waals surface area contributed by atoms with Gasteiger partial charge in [-0.25, -0.2) is 0 Å². The molecule has 0 aromatic heterocycles. The Labute approximate surface area is 176 Å². The van der Waals surface area contributed by atoms with Gasteiger partial charge in [0, 0.05) is 13.1 Å². The molecule has 1 N–H and O–H groups in total. The molecule has 2 aromatic rings. The monoisotopic (exact) mass is 420 g/mol. The van der Waals surface area contributed by atoms with Crippen LogP contribution in [0.4, 0.5) is 0 Å². The van der Waals surface area contributed by atoms with Crippen molar-refractivity contribution in [1.29, 1.82) is 0 Å². The molecular formula is C22H26Cl2N2O2. The van der Waals surface area contributed by atoms with Gasteiger partial charge in [-0.05, 0) is 43.5 Å². The number of aryl methyl sites for hydroxylation is 1. The molecule has 2 aromatic carbocycles. The first-order valence-corrected chi connectivity index (χ1v) is 10.1. The molecule has 2 rings (SSSR count). The third kappa shape index (κ3) is 6.25. The highest BCUT2D eigenvalue weighted by atomic mass is 35.5. The summed E-state index contributed by atoms with van der Waals surface area (Å²) in [7, 11) is 0. The summed E-state index contributed by atoms with van der Waals surface area (Å²) >= 11 is 12.1. The number of amides is 2. The molecule has 0 aliphatic rings. The largest absolute Gasteiger partial charge is 0.354 e. The second-order valence-corrected chi connectivity index (χ2v) is 7.71. The van der Waals surface area contributed by atoms with E-state index in [1.165, 1.54) is 0 Å². The predicted molar refractivity (Wildman–Crippen MR) is 115 cm³/mol. The van der Waals surface area contributed by atoms with Gasteiger partial charge in [-0.2, -0.15) is 0 Å². The van der Waals surface area contributed by atoms with Gasteiger partial charge >= 0.3 is 0 Å². The molecule has 0 heterocycles. The molecule has 0 fully saturated rings. The van der Waals surface area contributed by atoms with Crippen LogP contribution in [-0.4, -0.2) is 29.3 Å². The Bertz CT molecular complexity index is 822. The van der Waals surface area contributed by atoms with Gasteiger partial charge in [-0.15, -0.1) is 0 Å². The molecule has 6 heteroatoms. The van der Waals surface area contributed by atoms with Crippen LogP contribution in [0, 0.1) is 6.92 Å². The molecule has 150 valence electrons. The van der Waals surface area contributed by atoms with E-state index in [1.807, 2.05) is 44.2 Å². The first-order chi connectivity index (χ1) is 13.3.